The molecule has 1 aromatic heterocycles. The SMILES string of the molecule is CCC(NC(=O)NCCCc1nc(C(C)C)no1)c1ccc(OC)cc1. The number of carbonyl (C=O) groups is 1. The number of ether oxygens (including phenoxy) is 1. The van der Waals surface area contributed by atoms with Crippen LogP contribution in [0.15, 0.2) is 28.8 Å². The maximum atomic E-state index is 12.1. The van der Waals surface area contributed by atoms with Gasteiger partial charge in [-0.05, 0) is 30.5 Å². The van der Waals surface area contributed by atoms with Gasteiger partial charge < -0.3 is 19.9 Å². The number of aryl methyl sites for hydroxylation is 1. The lowest BCUT2D eigenvalue weighted by Crippen LogP contribution is -2.38. The quantitative estimate of drug-likeness (QED) is 0.667. The molecule has 1 aromatic carbocycles. The first-order valence-corrected chi connectivity index (χ1v) is 9.04. The highest BCUT2D eigenvalue weighted by Crippen LogP contribution is 2.19. The van der Waals surface area contributed by atoms with Crippen LogP contribution < -0.4 is 15.4 Å². The first-order valence-electron chi connectivity index (χ1n) is 9.04. The fourth-order valence-electron chi connectivity index (χ4n) is 2.51. The summed E-state index contributed by atoms with van der Waals surface area (Å²) >= 11 is 0. The minimum absolute atomic E-state index is 0.0366. The molecule has 0 bridgehead atoms. The number of nitrogens with one attached hydrogen (secondary N) is 2. The highest BCUT2D eigenvalue weighted by Gasteiger charge is 2.13. The van der Waals surface area contributed by atoms with Crippen LogP contribution in [0.25, 0.3) is 0 Å². The zero-order valence-electron chi connectivity index (χ0n) is 15.9. The van der Waals surface area contributed by atoms with Crippen molar-refractivity contribution in [2.24, 2.45) is 0 Å². The van der Waals surface area contributed by atoms with Gasteiger partial charge in [0.1, 0.15) is 5.75 Å². The first-order chi connectivity index (χ1) is 12.5. The number of aromatic nitrogens is 2. The number of nitrogens with zero attached hydrogens (tertiary/aromatic N) is 2. The molecule has 0 saturated carbocycles. The van der Waals surface area contributed by atoms with E-state index in [1.54, 1.807) is 7.11 Å². The molecule has 1 unspecified atom stereocenters. The van der Waals surface area contributed by atoms with E-state index in [0.717, 1.165) is 30.0 Å². The predicted octanol–water partition coefficient (Wildman–Crippen LogP) is 3.58. The summed E-state index contributed by atoms with van der Waals surface area (Å²) in [6.07, 6.45) is 2.20. The number of rotatable bonds is 9. The highest BCUT2D eigenvalue weighted by molar-refractivity contribution is 5.74. The summed E-state index contributed by atoms with van der Waals surface area (Å²) < 4.78 is 10.4. The molecule has 0 fully saturated rings. The summed E-state index contributed by atoms with van der Waals surface area (Å²) in [5.41, 5.74) is 1.05. The van der Waals surface area contributed by atoms with Gasteiger partial charge in [-0.15, -0.1) is 0 Å². The van der Waals surface area contributed by atoms with Crippen molar-refractivity contribution in [3.8, 4) is 5.75 Å². The molecule has 0 aliphatic carbocycles. The molecule has 2 rings (SSSR count). The van der Waals surface area contributed by atoms with Gasteiger partial charge in [0, 0.05) is 18.9 Å². The number of hydrogen-bond acceptors (Lipinski definition) is 5. The molecule has 0 radical (unpaired) electrons. The van der Waals surface area contributed by atoms with E-state index in [2.05, 4.69) is 20.8 Å². The molecular formula is C19H28N4O3. The third-order valence-corrected chi connectivity index (χ3v) is 4.08. The molecule has 7 heteroatoms. The van der Waals surface area contributed by atoms with Gasteiger partial charge in [0.05, 0.1) is 13.2 Å². The van der Waals surface area contributed by atoms with Crippen molar-refractivity contribution in [1.82, 2.24) is 20.8 Å². The Morgan fingerprint density at radius 3 is 2.58 bits per heavy atom. The van der Waals surface area contributed by atoms with Crippen LogP contribution in [0, 0.1) is 0 Å². The van der Waals surface area contributed by atoms with Gasteiger partial charge >= 0.3 is 6.03 Å². The van der Waals surface area contributed by atoms with Gasteiger partial charge in [-0.25, -0.2) is 4.79 Å². The van der Waals surface area contributed by atoms with Crippen molar-refractivity contribution in [2.45, 2.75) is 52.0 Å². The second-order valence-corrected chi connectivity index (χ2v) is 6.44. The third kappa shape index (κ3) is 5.75. The second kappa shape index (κ2) is 9.79. The molecular weight excluding hydrogens is 332 g/mol. The van der Waals surface area contributed by atoms with Crippen molar-refractivity contribution >= 4 is 6.03 Å². The molecule has 142 valence electrons. The third-order valence-electron chi connectivity index (χ3n) is 4.08. The predicted molar refractivity (Wildman–Crippen MR) is 99.3 cm³/mol. The largest absolute Gasteiger partial charge is 0.497 e. The Balaban J connectivity index is 1.74. The molecule has 26 heavy (non-hydrogen) atoms. The van der Waals surface area contributed by atoms with Gasteiger partial charge in [-0.1, -0.05) is 38.1 Å². The standard InChI is InChI=1S/C19H28N4O3/c1-5-16(14-8-10-15(25-4)11-9-14)21-19(24)20-12-6-7-17-22-18(13(2)3)23-26-17/h8-11,13,16H,5-7,12H2,1-4H3,(H2,20,21,24). The summed E-state index contributed by atoms with van der Waals surface area (Å²) in [5.74, 6) is 2.38. The van der Waals surface area contributed by atoms with Crippen LogP contribution in [-0.2, 0) is 6.42 Å². The molecule has 7 nitrogen and oxygen atoms in total. The number of urea groups is 1. The minimum Gasteiger partial charge on any atom is -0.497 e. The van der Waals surface area contributed by atoms with Gasteiger partial charge in [-0.2, -0.15) is 4.98 Å². The van der Waals surface area contributed by atoms with Crippen molar-refractivity contribution in [3.63, 3.8) is 0 Å². The van der Waals surface area contributed by atoms with Crippen LogP contribution in [0.5, 0.6) is 5.75 Å². The number of hydrogen-bond donors (Lipinski definition) is 2. The second-order valence-electron chi connectivity index (χ2n) is 6.44. The Morgan fingerprint density at radius 1 is 1.27 bits per heavy atom. The molecule has 0 aliphatic rings. The minimum atomic E-state index is -0.180. The van der Waals surface area contributed by atoms with E-state index in [4.69, 9.17) is 9.26 Å². The number of carbonyl (C=O) groups excluding carboxylic acids is 1. The maximum absolute atomic E-state index is 12.1. The Hall–Kier alpha value is -2.57. The lowest BCUT2D eigenvalue weighted by molar-refractivity contribution is 0.236. The van der Waals surface area contributed by atoms with E-state index in [1.807, 2.05) is 45.0 Å². The van der Waals surface area contributed by atoms with Crippen LogP contribution in [0.2, 0.25) is 0 Å². The summed E-state index contributed by atoms with van der Waals surface area (Å²) in [6.45, 7) is 6.63. The average Bonchev–Trinajstić information content (AvgIpc) is 3.13. The van der Waals surface area contributed by atoms with Crippen LogP contribution >= 0.6 is 0 Å². The van der Waals surface area contributed by atoms with Crippen molar-refractivity contribution in [2.75, 3.05) is 13.7 Å². The van der Waals surface area contributed by atoms with Gasteiger partial charge in [0.2, 0.25) is 5.89 Å². The molecule has 0 saturated heterocycles. The van der Waals surface area contributed by atoms with E-state index in [-0.39, 0.29) is 18.0 Å². The maximum Gasteiger partial charge on any atom is 0.315 e. The summed E-state index contributed by atoms with van der Waals surface area (Å²) in [5, 5.41) is 9.80. The normalized spacial score (nSPS) is 12.0. The zero-order chi connectivity index (χ0) is 18.9. The molecule has 0 aliphatic heterocycles. The Labute approximate surface area is 154 Å². The van der Waals surface area contributed by atoms with Crippen LogP contribution in [0.4, 0.5) is 4.79 Å². The van der Waals surface area contributed by atoms with Crippen molar-refractivity contribution in [3.05, 3.63) is 41.5 Å². The van der Waals surface area contributed by atoms with Gasteiger partial charge in [0.25, 0.3) is 0 Å². The monoisotopic (exact) mass is 360 g/mol. The Morgan fingerprint density at radius 2 is 2.00 bits per heavy atom. The number of amides is 2. The number of methoxy groups -OCH3 is 1. The van der Waals surface area contributed by atoms with E-state index in [9.17, 15) is 4.79 Å². The van der Waals surface area contributed by atoms with E-state index in [1.165, 1.54) is 0 Å². The van der Waals surface area contributed by atoms with Crippen molar-refractivity contribution in [1.29, 1.82) is 0 Å². The summed E-state index contributed by atoms with van der Waals surface area (Å²) in [4.78, 5) is 16.4. The molecule has 2 aromatic rings. The Kier molecular flexibility index (Phi) is 7.44. The van der Waals surface area contributed by atoms with E-state index >= 15 is 0 Å². The van der Waals surface area contributed by atoms with Gasteiger partial charge in [0.15, 0.2) is 5.82 Å². The average molecular weight is 360 g/mol. The molecule has 0 spiro atoms. The lowest BCUT2D eigenvalue weighted by atomic mass is 10.0. The first kappa shape index (κ1) is 19.8. The zero-order valence-corrected chi connectivity index (χ0v) is 15.9. The fraction of sp³-hybridized carbons (Fsp3) is 0.526. The summed E-state index contributed by atoms with van der Waals surface area (Å²) in [7, 11) is 1.63. The van der Waals surface area contributed by atoms with Gasteiger partial charge in [-0.3, -0.25) is 0 Å². The lowest BCUT2D eigenvalue weighted by Gasteiger charge is -2.18. The highest BCUT2D eigenvalue weighted by atomic mass is 16.5. The number of benzene rings is 1. The molecule has 1 atom stereocenters. The van der Waals surface area contributed by atoms with Crippen LogP contribution in [0.1, 0.15) is 62.9 Å². The molecule has 2 N–H and O–H groups in total. The van der Waals surface area contributed by atoms with E-state index < -0.39 is 0 Å². The smallest absolute Gasteiger partial charge is 0.315 e. The van der Waals surface area contributed by atoms with Crippen molar-refractivity contribution < 1.29 is 14.1 Å². The van der Waals surface area contributed by atoms with E-state index in [0.29, 0.717) is 18.9 Å². The molecule has 2 amide bonds. The molecule has 1 heterocycles. The summed E-state index contributed by atoms with van der Waals surface area (Å²) in [6, 6.07) is 7.51. The topological polar surface area (TPSA) is 89.3 Å². The Bertz CT molecular complexity index is 682. The van der Waals surface area contributed by atoms with Crippen LogP contribution in [0.3, 0.4) is 0 Å². The van der Waals surface area contributed by atoms with Crippen LogP contribution in [-0.4, -0.2) is 29.8 Å². The fourth-order valence-corrected chi connectivity index (χ4v) is 2.51.